The molecule has 10 heavy (non-hydrogen) atoms. The Hall–Kier alpha value is -0.830. The van der Waals surface area contributed by atoms with Crippen molar-refractivity contribution in [2.75, 3.05) is 13.1 Å². The Morgan fingerprint density at radius 1 is 1.70 bits per heavy atom. The molecule has 1 fully saturated rings. The largest absolute Gasteiger partial charge is 0.451 e. The zero-order chi connectivity index (χ0) is 6.81. The highest BCUT2D eigenvalue weighted by Crippen LogP contribution is 2.09. The molecule has 0 radical (unpaired) electrons. The van der Waals surface area contributed by atoms with Crippen molar-refractivity contribution in [2.45, 2.75) is 6.42 Å². The summed E-state index contributed by atoms with van der Waals surface area (Å²) in [7, 11) is 0. The molecule has 0 spiro atoms. The number of rotatable bonds is 2. The van der Waals surface area contributed by atoms with Gasteiger partial charge in [-0.05, 0) is 25.4 Å². The first-order chi connectivity index (χ1) is 4.95. The molecule has 0 amide bonds. The SMILES string of the molecule is c1nc(CC2CNC2)co1. The highest BCUT2D eigenvalue weighted by Gasteiger charge is 2.17. The Labute approximate surface area is 59.4 Å². The molecular formula is C7H10N2O. The third kappa shape index (κ3) is 1.04. The molecule has 54 valence electrons. The summed E-state index contributed by atoms with van der Waals surface area (Å²) in [6.07, 6.45) is 4.27. The van der Waals surface area contributed by atoms with Crippen LogP contribution >= 0.6 is 0 Å². The molecule has 0 aromatic carbocycles. The number of hydrogen-bond donors (Lipinski definition) is 1. The fourth-order valence-electron chi connectivity index (χ4n) is 1.13. The molecule has 0 aliphatic carbocycles. The van der Waals surface area contributed by atoms with E-state index in [4.69, 9.17) is 4.42 Å². The molecule has 3 heteroatoms. The van der Waals surface area contributed by atoms with E-state index in [2.05, 4.69) is 10.3 Å². The zero-order valence-corrected chi connectivity index (χ0v) is 5.71. The molecule has 1 aliphatic heterocycles. The van der Waals surface area contributed by atoms with Crippen LogP contribution in [-0.2, 0) is 6.42 Å². The lowest BCUT2D eigenvalue weighted by Crippen LogP contribution is -2.43. The Morgan fingerprint density at radius 3 is 3.10 bits per heavy atom. The van der Waals surface area contributed by atoms with Crippen molar-refractivity contribution in [3.8, 4) is 0 Å². The molecule has 0 atom stereocenters. The molecular weight excluding hydrogens is 128 g/mol. The smallest absolute Gasteiger partial charge is 0.180 e. The standard InChI is InChI=1S/C7H10N2O/c1(6-2-8-3-6)7-4-10-5-9-7/h4-6,8H,1-3H2. The van der Waals surface area contributed by atoms with Gasteiger partial charge >= 0.3 is 0 Å². The first-order valence-corrected chi connectivity index (χ1v) is 3.53. The van der Waals surface area contributed by atoms with Gasteiger partial charge in [-0.25, -0.2) is 4.98 Å². The lowest BCUT2D eigenvalue weighted by Gasteiger charge is -2.25. The Kier molecular flexibility index (Phi) is 1.43. The van der Waals surface area contributed by atoms with E-state index < -0.39 is 0 Å². The van der Waals surface area contributed by atoms with Crippen molar-refractivity contribution in [1.29, 1.82) is 0 Å². The fraction of sp³-hybridized carbons (Fsp3) is 0.571. The van der Waals surface area contributed by atoms with E-state index >= 15 is 0 Å². The summed E-state index contributed by atoms with van der Waals surface area (Å²) < 4.78 is 4.85. The van der Waals surface area contributed by atoms with E-state index in [0.717, 1.165) is 31.1 Å². The summed E-state index contributed by atoms with van der Waals surface area (Å²) in [5.41, 5.74) is 1.08. The van der Waals surface area contributed by atoms with Gasteiger partial charge in [0.2, 0.25) is 0 Å². The van der Waals surface area contributed by atoms with E-state index in [-0.39, 0.29) is 0 Å². The molecule has 0 unspecified atom stereocenters. The third-order valence-electron chi connectivity index (χ3n) is 1.85. The van der Waals surface area contributed by atoms with Crippen LogP contribution in [0, 0.1) is 5.92 Å². The zero-order valence-electron chi connectivity index (χ0n) is 5.71. The molecule has 3 nitrogen and oxygen atoms in total. The van der Waals surface area contributed by atoms with Crippen molar-refractivity contribution < 1.29 is 4.42 Å². The minimum absolute atomic E-state index is 0.782. The van der Waals surface area contributed by atoms with E-state index in [9.17, 15) is 0 Å². The number of aromatic nitrogens is 1. The Morgan fingerprint density at radius 2 is 2.60 bits per heavy atom. The van der Waals surface area contributed by atoms with Gasteiger partial charge in [0.15, 0.2) is 6.39 Å². The minimum atomic E-state index is 0.782. The summed E-state index contributed by atoms with van der Waals surface area (Å²) in [5, 5.41) is 3.22. The quantitative estimate of drug-likeness (QED) is 0.644. The van der Waals surface area contributed by atoms with Crippen molar-refractivity contribution in [1.82, 2.24) is 10.3 Å². The lowest BCUT2D eigenvalue weighted by atomic mass is 9.98. The summed E-state index contributed by atoms with van der Waals surface area (Å²) in [4.78, 5) is 4.04. The summed E-state index contributed by atoms with van der Waals surface area (Å²) in [6.45, 7) is 2.26. The van der Waals surface area contributed by atoms with Crippen molar-refractivity contribution in [2.24, 2.45) is 5.92 Å². The highest BCUT2D eigenvalue weighted by atomic mass is 16.3. The second-order valence-electron chi connectivity index (χ2n) is 2.71. The maximum atomic E-state index is 4.85. The Balaban J connectivity index is 1.90. The summed E-state index contributed by atoms with van der Waals surface area (Å²) >= 11 is 0. The van der Waals surface area contributed by atoms with Gasteiger partial charge in [-0.15, -0.1) is 0 Å². The average molecular weight is 138 g/mol. The predicted molar refractivity (Wildman–Crippen MR) is 36.6 cm³/mol. The number of hydrogen-bond acceptors (Lipinski definition) is 3. The van der Waals surface area contributed by atoms with E-state index in [1.807, 2.05) is 0 Å². The van der Waals surface area contributed by atoms with Crippen LogP contribution in [0.1, 0.15) is 5.69 Å². The van der Waals surface area contributed by atoms with Gasteiger partial charge in [0.05, 0.1) is 5.69 Å². The first kappa shape index (κ1) is 5.92. The molecule has 0 saturated carbocycles. The van der Waals surface area contributed by atoms with Gasteiger partial charge in [0.25, 0.3) is 0 Å². The van der Waals surface area contributed by atoms with Crippen LogP contribution in [0.15, 0.2) is 17.1 Å². The van der Waals surface area contributed by atoms with E-state index in [0.29, 0.717) is 0 Å². The van der Waals surface area contributed by atoms with Crippen LogP contribution in [0.4, 0.5) is 0 Å². The molecule has 2 rings (SSSR count). The van der Waals surface area contributed by atoms with Gasteiger partial charge in [0.1, 0.15) is 6.26 Å². The first-order valence-electron chi connectivity index (χ1n) is 3.53. The second kappa shape index (κ2) is 2.42. The molecule has 1 aromatic rings. The topological polar surface area (TPSA) is 38.1 Å². The van der Waals surface area contributed by atoms with E-state index in [1.165, 1.54) is 6.39 Å². The summed E-state index contributed by atoms with van der Waals surface area (Å²) in [5.74, 6) is 0.782. The number of oxazole rings is 1. The molecule has 1 aromatic heterocycles. The van der Waals surface area contributed by atoms with Crippen LogP contribution in [0.25, 0.3) is 0 Å². The maximum Gasteiger partial charge on any atom is 0.180 e. The average Bonchev–Trinajstić information content (AvgIpc) is 2.29. The van der Waals surface area contributed by atoms with Crippen molar-refractivity contribution in [3.05, 3.63) is 18.4 Å². The van der Waals surface area contributed by atoms with E-state index in [1.54, 1.807) is 6.26 Å². The second-order valence-corrected chi connectivity index (χ2v) is 2.71. The van der Waals surface area contributed by atoms with Crippen molar-refractivity contribution in [3.63, 3.8) is 0 Å². The molecule has 1 saturated heterocycles. The predicted octanol–water partition coefficient (Wildman–Crippen LogP) is 0.436. The van der Waals surface area contributed by atoms with Crippen LogP contribution in [0.5, 0.6) is 0 Å². The van der Waals surface area contributed by atoms with Gasteiger partial charge in [-0.3, -0.25) is 0 Å². The number of nitrogens with one attached hydrogen (secondary N) is 1. The van der Waals surface area contributed by atoms with Crippen LogP contribution in [0.3, 0.4) is 0 Å². The van der Waals surface area contributed by atoms with Gasteiger partial charge < -0.3 is 9.73 Å². The lowest BCUT2D eigenvalue weighted by molar-refractivity contribution is 0.344. The van der Waals surface area contributed by atoms with Gasteiger partial charge in [-0.1, -0.05) is 0 Å². The number of nitrogens with zero attached hydrogens (tertiary/aromatic N) is 1. The fourth-order valence-corrected chi connectivity index (χ4v) is 1.13. The van der Waals surface area contributed by atoms with Crippen LogP contribution in [-0.4, -0.2) is 18.1 Å². The third-order valence-corrected chi connectivity index (χ3v) is 1.85. The highest BCUT2D eigenvalue weighted by molar-refractivity contribution is 4.95. The minimum Gasteiger partial charge on any atom is -0.451 e. The maximum absolute atomic E-state index is 4.85. The molecule has 0 bridgehead atoms. The molecule has 1 N–H and O–H groups in total. The normalized spacial score (nSPS) is 18.8. The monoisotopic (exact) mass is 138 g/mol. The molecule has 1 aliphatic rings. The van der Waals surface area contributed by atoms with Crippen molar-refractivity contribution >= 4 is 0 Å². The molecule has 2 heterocycles. The van der Waals surface area contributed by atoms with Crippen LogP contribution in [0.2, 0.25) is 0 Å². The van der Waals surface area contributed by atoms with Crippen LogP contribution < -0.4 is 5.32 Å². The van der Waals surface area contributed by atoms with Gasteiger partial charge in [-0.2, -0.15) is 0 Å². The summed E-state index contributed by atoms with van der Waals surface area (Å²) in [6, 6.07) is 0. The Bertz CT molecular complexity index is 191. The van der Waals surface area contributed by atoms with Gasteiger partial charge in [0, 0.05) is 0 Å².